The zero-order valence-electron chi connectivity index (χ0n) is 41.7. The standard InChI is InChI=1S/C56H95NO7/c1-6-8-10-12-14-16-18-20-22-24-26-27-29-30-32-34-36-38-40-42-44-46-54(58)63-51-52(50-62-49-48-53(56(60)61)57(3,4)5)64-55(59)47-45-43-41-39-37-35-33-31-28-25-23-21-19-17-15-13-11-9-7-2/h8,10,14,16,20,22,25-28,30,32,36,38,52-53H,6-7,9,11-13,15,17-19,21,23-24,29,31,33-35,37,39-51H2,1-5H3/p+1/b10-8+,16-14+,22-20+,27-26+,28-25+,32-30+,38-36+. The molecule has 366 valence electrons. The van der Waals surface area contributed by atoms with Gasteiger partial charge in [-0.15, -0.1) is 0 Å². The maximum Gasteiger partial charge on any atom is 0.362 e. The minimum absolute atomic E-state index is 0.0412. The van der Waals surface area contributed by atoms with Crippen LogP contribution >= 0.6 is 0 Å². The highest BCUT2D eigenvalue weighted by Crippen LogP contribution is 2.14. The largest absolute Gasteiger partial charge is 0.477 e. The number of quaternary nitrogens is 1. The third-order valence-corrected chi connectivity index (χ3v) is 11.0. The van der Waals surface area contributed by atoms with E-state index in [2.05, 4.69) is 98.9 Å². The first-order valence-electron chi connectivity index (χ1n) is 25.6. The van der Waals surface area contributed by atoms with Crippen molar-refractivity contribution in [2.24, 2.45) is 0 Å². The maximum atomic E-state index is 12.8. The molecule has 2 unspecified atom stereocenters. The lowest BCUT2D eigenvalue weighted by Gasteiger charge is -2.31. The molecule has 0 saturated heterocycles. The highest BCUT2D eigenvalue weighted by atomic mass is 16.6. The van der Waals surface area contributed by atoms with Crippen molar-refractivity contribution in [2.45, 2.75) is 212 Å². The predicted octanol–water partition coefficient (Wildman–Crippen LogP) is 14.9. The average molecular weight is 895 g/mol. The van der Waals surface area contributed by atoms with E-state index in [-0.39, 0.29) is 36.2 Å². The molecular weight excluding hydrogens is 799 g/mol. The highest BCUT2D eigenvalue weighted by Gasteiger charge is 2.31. The summed E-state index contributed by atoms with van der Waals surface area (Å²) in [6.07, 6.45) is 60.6. The van der Waals surface area contributed by atoms with Crippen LogP contribution in [0.25, 0.3) is 0 Å². The Bertz CT molecular complexity index is 1320. The van der Waals surface area contributed by atoms with Crippen molar-refractivity contribution in [3.8, 4) is 0 Å². The predicted molar refractivity (Wildman–Crippen MR) is 270 cm³/mol. The summed E-state index contributed by atoms with van der Waals surface area (Å²) >= 11 is 0. The fraction of sp³-hybridized carbons (Fsp3) is 0.696. The Morgan fingerprint density at radius 2 is 0.875 bits per heavy atom. The van der Waals surface area contributed by atoms with Crippen LogP contribution < -0.4 is 0 Å². The van der Waals surface area contributed by atoms with Gasteiger partial charge in [-0.1, -0.05) is 176 Å². The van der Waals surface area contributed by atoms with Gasteiger partial charge in [0.2, 0.25) is 0 Å². The van der Waals surface area contributed by atoms with Gasteiger partial charge in [0.15, 0.2) is 12.1 Å². The second-order valence-electron chi connectivity index (χ2n) is 18.0. The van der Waals surface area contributed by atoms with E-state index < -0.39 is 18.1 Å². The monoisotopic (exact) mass is 895 g/mol. The van der Waals surface area contributed by atoms with Crippen LogP contribution in [-0.4, -0.2) is 80.6 Å². The minimum atomic E-state index is -0.884. The molecule has 0 aromatic rings. The Morgan fingerprint density at radius 3 is 1.34 bits per heavy atom. The molecule has 0 fully saturated rings. The van der Waals surface area contributed by atoms with Crippen molar-refractivity contribution >= 4 is 17.9 Å². The molecule has 64 heavy (non-hydrogen) atoms. The summed E-state index contributed by atoms with van der Waals surface area (Å²) < 4.78 is 17.3. The van der Waals surface area contributed by atoms with Crippen molar-refractivity contribution in [2.75, 3.05) is 41.0 Å². The SMILES string of the molecule is CC/C=C/C/C=C/C/C=C/C/C=C/C/C=C/C/C=C/CCCCC(=O)OCC(COCCC(C(=O)O)[N+](C)(C)C)OC(=O)CCCCCCCCC/C=C/CCCCCCCCCC. The van der Waals surface area contributed by atoms with Crippen molar-refractivity contribution < 1.29 is 38.2 Å². The summed E-state index contributed by atoms with van der Waals surface area (Å²) in [6, 6.07) is -0.627. The summed E-state index contributed by atoms with van der Waals surface area (Å²) in [5.74, 6) is -1.53. The Balaban J connectivity index is 4.36. The molecule has 0 heterocycles. The number of carbonyl (C=O) groups is 3. The van der Waals surface area contributed by atoms with Gasteiger partial charge >= 0.3 is 17.9 Å². The van der Waals surface area contributed by atoms with E-state index in [0.717, 1.165) is 70.6 Å². The lowest BCUT2D eigenvalue weighted by molar-refractivity contribution is -0.887. The zero-order chi connectivity index (χ0) is 47.0. The van der Waals surface area contributed by atoms with Gasteiger partial charge in [0.05, 0.1) is 34.4 Å². The molecule has 2 atom stereocenters. The normalized spacial score (nSPS) is 13.6. The number of nitrogens with zero attached hydrogens (tertiary/aromatic N) is 1. The number of carboxylic acids is 1. The van der Waals surface area contributed by atoms with Gasteiger partial charge in [0.25, 0.3) is 0 Å². The van der Waals surface area contributed by atoms with Crippen LogP contribution in [0.1, 0.15) is 200 Å². The molecule has 0 rings (SSSR count). The third-order valence-electron chi connectivity index (χ3n) is 11.0. The van der Waals surface area contributed by atoms with Gasteiger partial charge in [-0.05, 0) is 89.9 Å². The molecule has 0 aromatic heterocycles. The van der Waals surface area contributed by atoms with Gasteiger partial charge in [-0.2, -0.15) is 0 Å². The van der Waals surface area contributed by atoms with E-state index >= 15 is 0 Å². The molecule has 0 aliphatic rings. The van der Waals surface area contributed by atoms with Crippen molar-refractivity contribution in [1.29, 1.82) is 0 Å². The number of carbonyl (C=O) groups excluding carboxylic acids is 2. The summed E-state index contributed by atoms with van der Waals surface area (Å²) in [5, 5.41) is 9.65. The van der Waals surface area contributed by atoms with Crippen LogP contribution in [0.15, 0.2) is 85.1 Å². The van der Waals surface area contributed by atoms with Crippen LogP contribution in [0.3, 0.4) is 0 Å². The molecule has 0 bridgehead atoms. The zero-order valence-corrected chi connectivity index (χ0v) is 41.7. The van der Waals surface area contributed by atoms with E-state index in [1.807, 2.05) is 21.1 Å². The highest BCUT2D eigenvalue weighted by molar-refractivity contribution is 5.72. The smallest absolute Gasteiger partial charge is 0.362 e. The molecule has 0 amide bonds. The second-order valence-corrected chi connectivity index (χ2v) is 18.0. The Kier molecular flexibility index (Phi) is 43.5. The van der Waals surface area contributed by atoms with Crippen molar-refractivity contribution in [3.63, 3.8) is 0 Å². The van der Waals surface area contributed by atoms with Gasteiger partial charge in [0.1, 0.15) is 6.61 Å². The molecule has 8 nitrogen and oxygen atoms in total. The number of rotatable bonds is 45. The first-order valence-corrected chi connectivity index (χ1v) is 25.6. The average Bonchev–Trinajstić information content (AvgIpc) is 3.26. The van der Waals surface area contributed by atoms with Gasteiger partial charge in [0, 0.05) is 19.3 Å². The third kappa shape index (κ3) is 43.7. The van der Waals surface area contributed by atoms with E-state index in [9.17, 15) is 19.5 Å². The van der Waals surface area contributed by atoms with Crippen molar-refractivity contribution in [1.82, 2.24) is 0 Å². The number of allylic oxidation sites excluding steroid dienone is 14. The van der Waals surface area contributed by atoms with E-state index in [1.165, 1.54) is 89.9 Å². The van der Waals surface area contributed by atoms with Gasteiger partial charge < -0.3 is 23.8 Å². The lowest BCUT2D eigenvalue weighted by atomic mass is 10.1. The molecule has 0 aliphatic carbocycles. The molecule has 0 aromatic carbocycles. The summed E-state index contributed by atoms with van der Waals surface area (Å²) in [6.45, 7) is 4.58. The van der Waals surface area contributed by atoms with Gasteiger partial charge in [-0.25, -0.2) is 4.79 Å². The first-order chi connectivity index (χ1) is 31.1. The van der Waals surface area contributed by atoms with Crippen LogP contribution in [0.5, 0.6) is 0 Å². The molecule has 8 heteroatoms. The van der Waals surface area contributed by atoms with Crippen molar-refractivity contribution in [3.05, 3.63) is 85.1 Å². The maximum absolute atomic E-state index is 12.8. The van der Waals surface area contributed by atoms with E-state index in [1.54, 1.807) is 0 Å². The number of aliphatic carboxylic acids is 1. The topological polar surface area (TPSA) is 99.1 Å². The van der Waals surface area contributed by atoms with Crippen LogP contribution in [0, 0.1) is 0 Å². The molecular formula is C56H96NO7+. The molecule has 1 N–H and O–H groups in total. The molecule has 0 aliphatic heterocycles. The quantitative estimate of drug-likeness (QED) is 0.0281. The number of carboxylic acid groups (broad SMARTS) is 1. The molecule has 0 saturated carbocycles. The van der Waals surface area contributed by atoms with Crippen LogP contribution in [0.2, 0.25) is 0 Å². The first kappa shape index (κ1) is 60.5. The lowest BCUT2D eigenvalue weighted by Crippen LogP contribution is -2.50. The van der Waals surface area contributed by atoms with Crippen LogP contribution in [-0.2, 0) is 28.6 Å². The van der Waals surface area contributed by atoms with Crippen LogP contribution in [0.4, 0.5) is 0 Å². The van der Waals surface area contributed by atoms with Gasteiger partial charge in [-0.3, -0.25) is 9.59 Å². The summed E-state index contributed by atoms with van der Waals surface area (Å²) in [5.41, 5.74) is 0. The summed E-state index contributed by atoms with van der Waals surface area (Å²) in [7, 11) is 5.51. The Morgan fingerprint density at radius 1 is 0.484 bits per heavy atom. The number of unbranched alkanes of at least 4 members (excludes halogenated alkanes) is 17. The Labute approximate surface area is 393 Å². The Hall–Kier alpha value is -3.49. The fourth-order valence-corrected chi connectivity index (χ4v) is 7.09. The number of hydrogen-bond acceptors (Lipinski definition) is 6. The number of hydrogen-bond donors (Lipinski definition) is 1. The molecule has 0 spiro atoms. The number of esters is 2. The number of likely N-dealkylation sites (N-methyl/N-ethyl adjacent to an activating group) is 1. The van der Waals surface area contributed by atoms with E-state index in [4.69, 9.17) is 14.2 Å². The molecule has 0 radical (unpaired) electrons. The fourth-order valence-electron chi connectivity index (χ4n) is 7.09. The summed E-state index contributed by atoms with van der Waals surface area (Å²) in [4.78, 5) is 37.2. The minimum Gasteiger partial charge on any atom is -0.477 e. The number of ether oxygens (including phenoxy) is 3. The second kappa shape index (κ2) is 46.1. The van der Waals surface area contributed by atoms with E-state index in [0.29, 0.717) is 25.7 Å².